The molecule has 9 heteroatoms. The molecule has 0 bridgehead atoms. The molecule has 182 valence electrons. The van der Waals surface area contributed by atoms with E-state index >= 15 is 0 Å². The van der Waals surface area contributed by atoms with Gasteiger partial charge in [-0.25, -0.2) is 4.79 Å². The standard InChI is InChI=1S/C27H26ClN7O/c1-3-4-9-21-17-34(26-19(2)8-7-11-23(26)28)27(36)33(21)16-20-13-14-24(29-15-20)22-10-5-6-12-25(22)35-18-30-31-32-35/h5-8,10-15,17-18H,3-4,9,16H2,1-2H3. The van der Waals surface area contributed by atoms with Crippen LogP contribution in [0.25, 0.3) is 22.6 Å². The number of hydrogen-bond acceptors (Lipinski definition) is 5. The van der Waals surface area contributed by atoms with Crippen molar-refractivity contribution in [3.63, 3.8) is 0 Å². The average molecular weight is 500 g/mol. The second kappa shape index (κ2) is 10.3. The number of aryl methyl sites for hydroxylation is 2. The van der Waals surface area contributed by atoms with E-state index in [0.717, 1.165) is 58.7 Å². The molecule has 0 atom stereocenters. The number of imidazole rings is 1. The summed E-state index contributed by atoms with van der Waals surface area (Å²) in [5.41, 5.74) is 6.05. The van der Waals surface area contributed by atoms with Crippen molar-refractivity contribution in [2.24, 2.45) is 0 Å². The summed E-state index contributed by atoms with van der Waals surface area (Å²) in [4.78, 5) is 18.3. The Labute approximate surface area is 213 Å². The molecule has 5 aromatic rings. The SMILES string of the molecule is CCCCc1cn(-c2c(C)cccc2Cl)c(=O)n1Cc1ccc(-c2ccccc2-n2cnnn2)nc1. The summed E-state index contributed by atoms with van der Waals surface area (Å²) in [6.07, 6.45) is 8.16. The Balaban J connectivity index is 1.49. The number of aromatic nitrogens is 7. The van der Waals surface area contributed by atoms with Crippen LogP contribution in [0, 0.1) is 6.92 Å². The lowest BCUT2D eigenvalue weighted by atomic mass is 10.1. The zero-order valence-electron chi connectivity index (χ0n) is 20.2. The van der Waals surface area contributed by atoms with Crippen LogP contribution in [0.1, 0.15) is 36.6 Å². The van der Waals surface area contributed by atoms with Crippen molar-refractivity contribution in [3.05, 3.63) is 106 Å². The van der Waals surface area contributed by atoms with Crippen molar-refractivity contribution >= 4 is 11.6 Å². The minimum absolute atomic E-state index is 0.106. The molecular weight excluding hydrogens is 474 g/mol. The number of unbranched alkanes of at least 4 members (excludes halogenated alkanes) is 1. The number of hydrogen-bond donors (Lipinski definition) is 0. The predicted molar refractivity (Wildman–Crippen MR) is 140 cm³/mol. The van der Waals surface area contributed by atoms with Gasteiger partial charge in [-0.15, -0.1) is 5.10 Å². The highest BCUT2D eigenvalue weighted by Gasteiger charge is 2.17. The van der Waals surface area contributed by atoms with Crippen LogP contribution in [0.3, 0.4) is 0 Å². The topological polar surface area (TPSA) is 83.4 Å². The Morgan fingerprint density at radius 3 is 2.61 bits per heavy atom. The van der Waals surface area contributed by atoms with E-state index in [1.165, 1.54) is 0 Å². The second-order valence-corrected chi connectivity index (χ2v) is 9.10. The van der Waals surface area contributed by atoms with E-state index in [9.17, 15) is 4.79 Å². The highest BCUT2D eigenvalue weighted by molar-refractivity contribution is 6.32. The van der Waals surface area contributed by atoms with Gasteiger partial charge >= 0.3 is 5.69 Å². The zero-order chi connectivity index (χ0) is 25.1. The highest BCUT2D eigenvalue weighted by atomic mass is 35.5. The summed E-state index contributed by atoms with van der Waals surface area (Å²) in [5.74, 6) is 0. The molecule has 0 N–H and O–H groups in total. The molecule has 2 aromatic carbocycles. The Morgan fingerprint density at radius 2 is 1.89 bits per heavy atom. The first-order chi connectivity index (χ1) is 17.6. The van der Waals surface area contributed by atoms with E-state index < -0.39 is 0 Å². The van der Waals surface area contributed by atoms with Crippen LogP contribution in [0.2, 0.25) is 5.02 Å². The smallest absolute Gasteiger partial charge is 0.292 e. The summed E-state index contributed by atoms with van der Waals surface area (Å²) in [7, 11) is 0. The maximum Gasteiger partial charge on any atom is 0.333 e. The summed E-state index contributed by atoms with van der Waals surface area (Å²) in [5, 5.41) is 12.0. The van der Waals surface area contributed by atoms with Gasteiger partial charge in [-0.3, -0.25) is 14.1 Å². The van der Waals surface area contributed by atoms with Gasteiger partial charge in [0.05, 0.1) is 28.6 Å². The molecule has 0 fully saturated rings. The monoisotopic (exact) mass is 499 g/mol. The molecule has 0 saturated heterocycles. The number of para-hydroxylation sites is 2. The Bertz CT molecular complexity index is 1520. The number of tetrazole rings is 1. The molecule has 0 spiro atoms. The van der Waals surface area contributed by atoms with E-state index in [4.69, 9.17) is 16.6 Å². The van der Waals surface area contributed by atoms with Gasteiger partial charge in [0, 0.05) is 23.7 Å². The minimum atomic E-state index is -0.106. The molecule has 3 aromatic heterocycles. The number of nitrogens with zero attached hydrogens (tertiary/aromatic N) is 7. The molecule has 3 heterocycles. The third-order valence-corrected chi connectivity index (χ3v) is 6.52. The third kappa shape index (κ3) is 4.59. The van der Waals surface area contributed by atoms with Crippen LogP contribution in [0.5, 0.6) is 0 Å². The second-order valence-electron chi connectivity index (χ2n) is 8.69. The van der Waals surface area contributed by atoms with Crippen molar-refractivity contribution in [1.82, 2.24) is 34.3 Å². The van der Waals surface area contributed by atoms with Crippen LogP contribution in [0.4, 0.5) is 0 Å². The molecule has 0 saturated carbocycles. The van der Waals surface area contributed by atoms with Crippen LogP contribution >= 0.6 is 11.6 Å². The van der Waals surface area contributed by atoms with Gasteiger partial charge in [0.15, 0.2) is 0 Å². The Morgan fingerprint density at radius 1 is 1.03 bits per heavy atom. The van der Waals surface area contributed by atoms with Crippen molar-refractivity contribution in [3.8, 4) is 22.6 Å². The van der Waals surface area contributed by atoms with Crippen LogP contribution in [0.15, 0.2) is 78.1 Å². The molecule has 0 unspecified atom stereocenters. The largest absolute Gasteiger partial charge is 0.333 e. The first kappa shape index (κ1) is 23.7. The van der Waals surface area contributed by atoms with Gasteiger partial charge < -0.3 is 0 Å². The van der Waals surface area contributed by atoms with E-state index in [1.54, 1.807) is 15.6 Å². The molecule has 36 heavy (non-hydrogen) atoms. The van der Waals surface area contributed by atoms with Crippen molar-refractivity contribution in [2.75, 3.05) is 0 Å². The zero-order valence-corrected chi connectivity index (χ0v) is 20.9. The lowest BCUT2D eigenvalue weighted by Gasteiger charge is -2.10. The fourth-order valence-electron chi connectivity index (χ4n) is 4.36. The fraction of sp³-hybridized carbons (Fsp3) is 0.222. The van der Waals surface area contributed by atoms with Crippen molar-refractivity contribution < 1.29 is 0 Å². The number of rotatable bonds is 8. The average Bonchev–Trinajstić information content (AvgIpc) is 3.53. The van der Waals surface area contributed by atoms with Crippen LogP contribution < -0.4 is 5.69 Å². The fourth-order valence-corrected chi connectivity index (χ4v) is 4.68. The lowest BCUT2D eigenvalue weighted by molar-refractivity contribution is 0.672. The molecule has 0 aliphatic heterocycles. The Hall–Kier alpha value is -4.04. The first-order valence-corrected chi connectivity index (χ1v) is 12.3. The predicted octanol–water partition coefficient (Wildman–Crippen LogP) is 5.03. The highest BCUT2D eigenvalue weighted by Crippen LogP contribution is 2.26. The molecule has 0 amide bonds. The maximum atomic E-state index is 13.6. The molecule has 0 aliphatic rings. The molecule has 8 nitrogen and oxygen atoms in total. The molecule has 0 radical (unpaired) electrons. The van der Waals surface area contributed by atoms with E-state index in [-0.39, 0.29) is 5.69 Å². The normalized spacial score (nSPS) is 11.2. The Kier molecular flexibility index (Phi) is 6.77. The summed E-state index contributed by atoms with van der Waals surface area (Å²) in [6, 6.07) is 17.5. The summed E-state index contributed by atoms with van der Waals surface area (Å²) < 4.78 is 5.11. The summed E-state index contributed by atoms with van der Waals surface area (Å²) in [6.45, 7) is 4.54. The molecule has 0 aliphatic carbocycles. The van der Waals surface area contributed by atoms with Crippen LogP contribution in [-0.2, 0) is 13.0 Å². The van der Waals surface area contributed by atoms with Gasteiger partial charge in [-0.2, -0.15) is 4.68 Å². The number of pyridine rings is 1. The first-order valence-electron chi connectivity index (χ1n) is 11.9. The molecule has 5 rings (SSSR count). The van der Waals surface area contributed by atoms with Crippen molar-refractivity contribution in [1.29, 1.82) is 0 Å². The van der Waals surface area contributed by atoms with E-state index in [2.05, 4.69) is 22.4 Å². The van der Waals surface area contributed by atoms with Gasteiger partial charge in [-0.05, 0) is 59.5 Å². The minimum Gasteiger partial charge on any atom is -0.292 e. The maximum absolute atomic E-state index is 13.6. The van der Waals surface area contributed by atoms with Gasteiger partial charge in [0.1, 0.15) is 6.33 Å². The van der Waals surface area contributed by atoms with Gasteiger partial charge in [0.2, 0.25) is 0 Å². The van der Waals surface area contributed by atoms with Crippen molar-refractivity contribution in [2.45, 2.75) is 39.7 Å². The quantitative estimate of drug-likeness (QED) is 0.299. The third-order valence-electron chi connectivity index (χ3n) is 6.22. The van der Waals surface area contributed by atoms with Gasteiger partial charge in [-0.1, -0.05) is 61.3 Å². The van der Waals surface area contributed by atoms with Crippen LogP contribution in [-0.4, -0.2) is 34.3 Å². The molecular formula is C27H26ClN7O. The number of halogens is 1. The van der Waals surface area contributed by atoms with Gasteiger partial charge in [0.25, 0.3) is 0 Å². The van der Waals surface area contributed by atoms with E-state index in [1.807, 2.05) is 78.5 Å². The summed E-state index contributed by atoms with van der Waals surface area (Å²) >= 11 is 6.49. The number of benzene rings is 2. The lowest BCUT2D eigenvalue weighted by Crippen LogP contribution is -2.25. The van der Waals surface area contributed by atoms with E-state index in [0.29, 0.717) is 11.6 Å².